The fraction of sp³-hybridized carbons (Fsp3) is 0.400. The summed E-state index contributed by atoms with van der Waals surface area (Å²) in [5.74, 6) is 0.452. The van der Waals surface area contributed by atoms with E-state index >= 15 is 0 Å². The third-order valence-electron chi connectivity index (χ3n) is 2.62. The van der Waals surface area contributed by atoms with Gasteiger partial charge in [0.25, 0.3) is 5.69 Å². The predicted molar refractivity (Wildman–Crippen MR) is 65.3 cm³/mol. The lowest BCUT2D eigenvalue weighted by molar-refractivity contribution is -0.385. The zero-order valence-electron chi connectivity index (χ0n) is 9.09. The minimum absolute atomic E-state index is 0.0207. The number of nitrogens with zero attached hydrogens (tertiary/aromatic N) is 3. The number of amides is 1. The molecule has 90 valence electrons. The number of anilines is 1. The molecule has 0 bridgehead atoms. The van der Waals surface area contributed by atoms with Gasteiger partial charge < -0.3 is 0 Å². The second kappa shape index (κ2) is 4.40. The van der Waals surface area contributed by atoms with Crippen molar-refractivity contribution in [3.8, 4) is 0 Å². The molecule has 1 unspecified atom stereocenters. The highest BCUT2D eigenvalue weighted by Gasteiger charge is 2.30. The average molecular weight is 300 g/mol. The SMILES string of the molecule is Cc1cc(N2CC(Br)CC2=O)ncc1[N+](=O)[O-]. The van der Waals surface area contributed by atoms with Gasteiger partial charge in [0.1, 0.15) is 12.0 Å². The van der Waals surface area contributed by atoms with Crippen LogP contribution in [-0.2, 0) is 4.79 Å². The number of aryl methyl sites for hydroxylation is 1. The van der Waals surface area contributed by atoms with Gasteiger partial charge in [0.05, 0.1) is 4.92 Å². The number of nitro groups is 1. The highest BCUT2D eigenvalue weighted by Crippen LogP contribution is 2.26. The summed E-state index contributed by atoms with van der Waals surface area (Å²) in [6, 6.07) is 1.57. The number of carbonyl (C=O) groups is 1. The van der Waals surface area contributed by atoms with Crippen LogP contribution in [-0.4, -0.2) is 27.2 Å². The fourth-order valence-corrected chi connectivity index (χ4v) is 2.32. The number of pyridine rings is 1. The van der Waals surface area contributed by atoms with Crippen LogP contribution >= 0.6 is 15.9 Å². The summed E-state index contributed by atoms with van der Waals surface area (Å²) in [6.07, 6.45) is 1.62. The van der Waals surface area contributed by atoms with Crippen LogP contribution in [0.15, 0.2) is 12.3 Å². The molecule has 1 aliphatic rings. The van der Waals surface area contributed by atoms with Crippen LogP contribution in [0.5, 0.6) is 0 Å². The summed E-state index contributed by atoms with van der Waals surface area (Å²) in [6.45, 7) is 2.18. The minimum atomic E-state index is -0.481. The molecule has 0 radical (unpaired) electrons. The maximum absolute atomic E-state index is 11.6. The molecule has 1 aromatic rings. The standard InChI is InChI=1S/C10H10BrN3O3/c1-6-2-9(12-4-8(6)14(16)17)13-5-7(11)3-10(13)15/h2,4,7H,3,5H2,1H3. The van der Waals surface area contributed by atoms with E-state index in [-0.39, 0.29) is 16.4 Å². The van der Waals surface area contributed by atoms with E-state index in [0.717, 1.165) is 0 Å². The van der Waals surface area contributed by atoms with Gasteiger partial charge in [-0.25, -0.2) is 4.98 Å². The zero-order chi connectivity index (χ0) is 12.6. The second-order valence-electron chi connectivity index (χ2n) is 3.89. The zero-order valence-corrected chi connectivity index (χ0v) is 10.7. The molecule has 6 nitrogen and oxygen atoms in total. The third kappa shape index (κ3) is 2.28. The summed E-state index contributed by atoms with van der Waals surface area (Å²) in [7, 11) is 0. The first-order chi connectivity index (χ1) is 7.99. The van der Waals surface area contributed by atoms with Gasteiger partial charge in [-0.15, -0.1) is 0 Å². The summed E-state index contributed by atoms with van der Waals surface area (Å²) in [5, 5.41) is 10.6. The van der Waals surface area contributed by atoms with E-state index in [9.17, 15) is 14.9 Å². The third-order valence-corrected chi connectivity index (χ3v) is 3.23. The Morgan fingerprint density at radius 2 is 2.35 bits per heavy atom. The van der Waals surface area contributed by atoms with Crippen LogP contribution < -0.4 is 4.90 Å². The lowest BCUT2D eigenvalue weighted by Gasteiger charge is -2.14. The highest BCUT2D eigenvalue weighted by atomic mass is 79.9. The molecule has 17 heavy (non-hydrogen) atoms. The van der Waals surface area contributed by atoms with E-state index in [1.165, 1.54) is 11.1 Å². The van der Waals surface area contributed by atoms with Crippen molar-refractivity contribution in [2.75, 3.05) is 11.4 Å². The average Bonchev–Trinajstić information content (AvgIpc) is 2.57. The molecular weight excluding hydrogens is 290 g/mol. The Hall–Kier alpha value is -1.50. The molecular formula is C10H10BrN3O3. The topological polar surface area (TPSA) is 76.3 Å². The Kier molecular flexibility index (Phi) is 3.10. The van der Waals surface area contributed by atoms with Crippen LogP contribution in [0, 0.1) is 17.0 Å². The number of alkyl halides is 1. The van der Waals surface area contributed by atoms with Crippen molar-refractivity contribution in [2.24, 2.45) is 0 Å². The largest absolute Gasteiger partial charge is 0.296 e. The molecule has 0 aliphatic carbocycles. The van der Waals surface area contributed by atoms with Crippen LogP contribution in [0.2, 0.25) is 0 Å². The molecule has 1 aliphatic heterocycles. The summed E-state index contributed by atoms with van der Waals surface area (Å²) < 4.78 is 0. The van der Waals surface area contributed by atoms with Gasteiger partial charge in [0, 0.05) is 23.4 Å². The molecule has 1 aromatic heterocycles. The van der Waals surface area contributed by atoms with E-state index in [4.69, 9.17) is 0 Å². The summed E-state index contributed by atoms with van der Waals surface area (Å²) >= 11 is 3.37. The van der Waals surface area contributed by atoms with Crippen molar-refractivity contribution < 1.29 is 9.72 Å². The number of hydrogen-bond donors (Lipinski definition) is 0. The van der Waals surface area contributed by atoms with Crippen molar-refractivity contribution >= 4 is 33.3 Å². The van der Waals surface area contributed by atoms with Crippen molar-refractivity contribution in [2.45, 2.75) is 18.2 Å². The first kappa shape index (κ1) is 12.0. The molecule has 7 heteroatoms. The molecule has 0 aromatic carbocycles. The van der Waals surface area contributed by atoms with Crippen LogP contribution in [0.25, 0.3) is 0 Å². The number of aromatic nitrogens is 1. The minimum Gasteiger partial charge on any atom is -0.296 e. The first-order valence-electron chi connectivity index (χ1n) is 5.04. The molecule has 0 spiro atoms. The maximum Gasteiger partial charge on any atom is 0.290 e. The Bertz CT molecular complexity index is 492. The molecule has 1 amide bonds. The lowest BCUT2D eigenvalue weighted by atomic mass is 10.2. The van der Waals surface area contributed by atoms with E-state index in [1.54, 1.807) is 13.0 Å². The van der Waals surface area contributed by atoms with Crippen molar-refractivity contribution in [1.29, 1.82) is 0 Å². The second-order valence-corrected chi connectivity index (χ2v) is 5.19. The van der Waals surface area contributed by atoms with Gasteiger partial charge in [-0.3, -0.25) is 19.8 Å². The normalized spacial score (nSPS) is 19.8. The van der Waals surface area contributed by atoms with Gasteiger partial charge in [-0.2, -0.15) is 0 Å². The van der Waals surface area contributed by atoms with Gasteiger partial charge in [-0.1, -0.05) is 15.9 Å². The fourth-order valence-electron chi connectivity index (χ4n) is 1.76. The van der Waals surface area contributed by atoms with E-state index in [1.807, 2.05) is 0 Å². The number of hydrogen-bond acceptors (Lipinski definition) is 4. The molecule has 0 saturated carbocycles. The van der Waals surface area contributed by atoms with E-state index in [2.05, 4.69) is 20.9 Å². The molecule has 1 saturated heterocycles. The molecule has 2 rings (SSSR count). The van der Waals surface area contributed by atoms with Crippen molar-refractivity contribution in [1.82, 2.24) is 4.98 Å². The number of rotatable bonds is 2. The number of carbonyl (C=O) groups excluding carboxylic acids is 1. The smallest absolute Gasteiger partial charge is 0.290 e. The highest BCUT2D eigenvalue weighted by molar-refractivity contribution is 9.09. The predicted octanol–water partition coefficient (Wildman–Crippen LogP) is 1.80. The summed E-state index contributed by atoms with van der Waals surface area (Å²) in [5.41, 5.74) is 0.474. The first-order valence-corrected chi connectivity index (χ1v) is 5.96. The molecule has 1 fully saturated rings. The Morgan fingerprint density at radius 1 is 1.65 bits per heavy atom. The van der Waals surface area contributed by atoms with Crippen LogP contribution in [0.4, 0.5) is 11.5 Å². The molecule has 1 atom stereocenters. The van der Waals surface area contributed by atoms with Crippen molar-refractivity contribution in [3.63, 3.8) is 0 Å². The quantitative estimate of drug-likeness (QED) is 0.474. The van der Waals surface area contributed by atoms with Crippen LogP contribution in [0.3, 0.4) is 0 Å². The Balaban J connectivity index is 2.32. The van der Waals surface area contributed by atoms with Crippen LogP contribution in [0.1, 0.15) is 12.0 Å². The van der Waals surface area contributed by atoms with Crippen molar-refractivity contribution in [3.05, 3.63) is 27.9 Å². The van der Waals surface area contributed by atoms with Gasteiger partial charge in [0.2, 0.25) is 5.91 Å². The monoisotopic (exact) mass is 299 g/mol. The molecule has 2 heterocycles. The van der Waals surface area contributed by atoms with Gasteiger partial charge in [0.15, 0.2) is 0 Å². The van der Waals surface area contributed by atoms with E-state index in [0.29, 0.717) is 24.3 Å². The maximum atomic E-state index is 11.6. The lowest BCUT2D eigenvalue weighted by Crippen LogP contribution is -2.25. The Morgan fingerprint density at radius 3 is 2.82 bits per heavy atom. The Labute approximate surface area is 106 Å². The summed E-state index contributed by atoms with van der Waals surface area (Å²) in [4.78, 5) is 27.4. The van der Waals surface area contributed by atoms with E-state index < -0.39 is 4.92 Å². The molecule has 0 N–H and O–H groups in total. The van der Waals surface area contributed by atoms with Gasteiger partial charge in [-0.05, 0) is 13.0 Å². The van der Waals surface area contributed by atoms with Gasteiger partial charge >= 0.3 is 0 Å². The number of halogens is 1.